The zero-order chi connectivity index (χ0) is 50.6. The normalized spacial score (nSPS) is 12.1. The molecule has 15 aromatic rings. The lowest BCUT2D eigenvalue weighted by molar-refractivity contribution is 1.02. The van der Waals surface area contributed by atoms with Crippen LogP contribution >= 0.6 is 0 Å². The third-order valence-corrected chi connectivity index (χ3v) is 15.5. The largest absolute Gasteiger partial charge is 0.309 e. The van der Waals surface area contributed by atoms with E-state index < -0.39 is 0 Å². The summed E-state index contributed by atoms with van der Waals surface area (Å²) < 4.78 is 4.74. The highest BCUT2D eigenvalue weighted by molar-refractivity contribution is 6.25. The smallest absolute Gasteiger partial charge is 0.238 e. The highest BCUT2D eigenvalue weighted by atomic mass is 15.3. The van der Waals surface area contributed by atoms with Crippen molar-refractivity contribution in [1.82, 2.24) is 29.1 Å². The van der Waals surface area contributed by atoms with E-state index in [1.807, 2.05) is 36.4 Å². The Kier molecular flexibility index (Phi) is 9.50. The van der Waals surface area contributed by atoms with Gasteiger partial charge in [0.25, 0.3) is 0 Å². The van der Waals surface area contributed by atoms with Crippen molar-refractivity contribution < 1.29 is 0 Å². The zero-order valence-corrected chi connectivity index (χ0v) is 41.5. The van der Waals surface area contributed by atoms with Gasteiger partial charge in [0.05, 0.1) is 44.7 Å². The lowest BCUT2D eigenvalue weighted by Gasteiger charge is -2.33. The topological polar surface area (TPSA) is 64.7 Å². The molecule has 0 spiro atoms. The number of hydrogen-bond donors (Lipinski definition) is 0. The van der Waals surface area contributed by atoms with Gasteiger partial charge < -0.3 is 9.13 Å². The van der Waals surface area contributed by atoms with Crippen molar-refractivity contribution in [3.8, 4) is 67.7 Å². The average Bonchev–Trinajstić information content (AvgIpc) is 4.14. The van der Waals surface area contributed by atoms with E-state index in [2.05, 4.69) is 238 Å². The van der Waals surface area contributed by atoms with Gasteiger partial charge in [0, 0.05) is 65.8 Å². The maximum Gasteiger partial charge on any atom is 0.238 e. The van der Waals surface area contributed by atoms with Gasteiger partial charge in [0.15, 0.2) is 11.6 Å². The third kappa shape index (κ3) is 6.70. The number of rotatable bonds is 7. The summed E-state index contributed by atoms with van der Waals surface area (Å²) in [5.41, 5.74) is 17.8. The van der Waals surface area contributed by atoms with E-state index in [-0.39, 0.29) is 0 Å². The SMILES string of the molecule is c1ccc(-c2nc(-c3ccccc3)nc(N3c4ccc(-c5ccc6c(c5)c5ccccc5n6-c5ccccc5)cc4-c4nc5ccccc5c5c(-c6ccc7c(c6)c6ccccc6n7-c6ccccc6)ccc3c45)n2)cc1. The highest BCUT2D eigenvalue weighted by Crippen LogP contribution is 2.54. The van der Waals surface area contributed by atoms with Crippen molar-refractivity contribution in [2.45, 2.75) is 0 Å². The van der Waals surface area contributed by atoms with Crippen molar-refractivity contribution in [3.63, 3.8) is 0 Å². The number of anilines is 3. The standard InChI is InChI=1S/C70H43N7/c1-5-19-44(20-6-1)68-72-69(45-21-7-2-8-22-45)74-70(73-68)77-63-38-34-47(46-33-37-61-55(41-46)52-27-14-17-31-59(52)75(61)49-23-9-3-10-24-49)42-57(63)67-66-64(77)40-36-51(65(66)54-29-13-16-30-58(54)71-67)48-35-39-62-56(43-48)53-28-15-18-32-60(53)76(62)50-25-11-4-12-26-50/h1-43H. The first-order valence-corrected chi connectivity index (χ1v) is 26.1. The molecule has 0 atom stereocenters. The van der Waals surface area contributed by atoms with Crippen molar-refractivity contribution >= 4 is 82.6 Å². The van der Waals surface area contributed by atoms with Gasteiger partial charge in [-0.3, -0.25) is 4.90 Å². The number of fused-ring (bicyclic) bond motifs is 10. The monoisotopic (exact) mass is 981 g/mol. The number of nitrogens with zero attached hydrogens (tertiary/aromatic N) is 7. The molecule has 0 amide bonds. The summed E-state index contributed by atoms with van der Waals surface area (Å²) in [5.74, 6) is 1.70. The first kappa shape index (κ1) is 43.0. The van der Waals surface area contributed by atoms with Gasteiger partial charge in [-0.2, -0.15) is 9.97 Å². The van der Waals surface area contributed by atoms with E-state index >= 15 is 0 Å². The zero-order valence-electron chi connectivity index (χ0n) is 41.5. The first-order valence-electron chi connectivity index (χ1n) is 26.1. The fourth-order valence-electron chi connectivity index (χ4n) is 12.0. The molecule has 0 unspecified atom stereocenters. The molecule has 0 saturated carbocycles. The number of hydrogen-bond acceptors (Lipinski definition) is 5. The van der Waals surface area contributed by atoms with E-state index in [1.54, 1.807) is 0 Å². The van der Waals surface area contributed by atoms with Gasteiger partial charge in [0.1, 0.15) is 0 Å². The fraction of sp³-hybridized carbons (Fsp3) is 0. The summed E-state index contributed by atoms with van der Waals surface area (Å²) in [4.78, 5) is 23.8. The fourth-order valence-corrected chi connectivity index (χ4v) is 12.0. The molecule has 0 bridgehead atoms. The van der Waals surface area contributed by atoms with Crippen LogP contribution in [-0.2, 0) is 0 Å². The Morgan fingerprint density at radius 2 is 0.740 bits per heavy atom. The Labute approximate surface area is 442 Å². The minimum Gasteiger partial charge on any atom is -0.309 e. The lowest BCUT2D eigenvalue weighted by atomic mass is 9.87. The summed E-state index contributed by atoms with van der Waals surface area (Å²) in [6, 6.07) is 92.9. The van der Waals surface area contributed by atoms with Crippen LogP contribution in [0.2, 0.25) is 0 Å². The van der Waals surface area contributed by atoms with E-state index in [9.17, 15) is 0 Å². The molecule has 0 N–H and O–H groups in total. The summed E-state index contributed by atoms with van der Waals surface area (Å²) in [6.45, 7) is 0. The summed E-state index contributed by atoms with van der Waals surface area (Å²) in [7, 11) is 0. The van der Waals surface area contributed by atoms with Gasteiger partial charge in [-0.1, -0.05) is 176 Å². The molecule has 358 valence electrons. The molecule has 5 heterocycles. The Morgan fingerprint density at radius 3 is 1.35 bits per heavy atom. The number of para-hydroxylation sites is 5. The first-order chi connectivity index (χ1) is 38.2. The Morgan fingerprint density at radius 1 is 0.273 bits per heavy atom. The van der Waals surface area contributed by atoms with Crippen LogP contribution in [0.15, 0.2) is 261 Å². The average molecular weight is 982 g/mol. The van der Waals surface area contributed by atoms with Gasteiger partial charge in [-0.15, -0.1) is 0 Å². The second-order valence-electron chi connectivity index (χ2n) is 19.8. The van der Waals surface area contributed by atoms with Crippen LogP contribution in [0.5, 0.6) is 0 Å². The highest BCUT2D eigenvalue weighted by Gasteiger charge is 2.32. The predicted molar refractivity (Wildman–Crippen MR) is 317 cm³/mol. The molecule has 11 aromatic carbocycles. The quantitative estimate of drug-likeness (QED) is 0.149. The summed E-state index contributed by atoms with van der Waals surface area (Å²) in [6.07, 6.45) is 0. The Hall–Kier alpha value is -10.5. The minimum absolute atomic E-state index is 0.518. The molecule has 1 aliphatic heterocycles. The molecule has 4 aromatic heterocycles. The van der Waals surface area contributed by atoms with Crippen molar-refractivity contribution in [2.24, 2.45) is 0 Å². The van der Waals surface area contributed by atoms with Crippen LogP contribution in [0.25, 0.3) is 133 Å². The van der Waals surface area contributed by atoms with E-state index in [1.165, 1.54) is 32.6 Å². The molecule has 0 fully saturated rings. The van der Waals surface area contributed by atoms with Crippen LogP contribution in [0.3, 0.4) is 0 Å². The van der Waals surface area contributed by atoms with Gasteiger partial charge in [0.2, 0.25) is 5.95 Å². The maximum absolute atomic E-state index is 5.67. The maximum atomic E-state index is 5.67. The van der Waals surface area contributed by atoms with Crippen molar-refractivity contribution in [1.29, 1.82) is 0 Å². The minimum atomic E-state index is 0.518. The van der Waals surface area contributed by atoms with E-state index in [4.69, 9.17) is 19.9 Å². The lowest BCUT2D eigenvalue weighted by Crippen LogP contribution is -2.19. The second kappa shape index (κ2) is 17.0. The molecule has 77 heavy (non-hydrogen) atoms. The van der Waals surface area contributed by atoms with Crippen molar-refractivity contribution in [2.75, 3.05) is 4.90 Å². The predicted octanol–water partition coefficient (Wildman–Crippen LogP) is 17.9. The molecule has 0 radical (unpaired) electrons. The van der Waals surface area contributed by atoms with Crippen molar-refractivity contribution in [3.05, 3.63) is 261 Å². The van der Waals surface area contributed by atoms with E-state index in [0.717, 1.165) is 100 Å². The van der Waals surface area contributed by atoms with Gasteiger partial charge in [-0.05, 0) is 107 Å². The molecule has 1 aliphatic rings. The third-order valence-electron chi connectivity index (χ3n) is 15.5. The molecule has 0 aliphatic carbocycles. The second-order valence-corrected chi connectivity index (χ2v) is 19.8. The molecule has 7 heteroatoms. The Bertz CT molecular complexity index is 4800. The van der Waals surface area contributed by atoms with E-state index in [0.29, 0.717) is 17.6 Å². The van der Waals surface area contributed by atoms with Crippen LogP contribution in [0, 0.1) is 0 Å². The number of pyridine rings is 1. The molecule has 16 rings (SSSR count). The summed E-state index contributed by atoms with van der Waals surface area (Å²) >= 11 is 0. The molecular weight excluding hydrogens is 939 g/mol. The van der Waals surface area contributed by atoms with Crippen LogP contribution < -0.4 is 4.90 Å². The number of benzene rings is 11. The molecule has 0 saturated heterocycles. The van der Waals surface area contributed by atoms with Crippen LogP contribution in [-0.4, -0.2) is 29.1 Å². The Balaban J connectivity index is 0.970. The van der Waals surface area contributed by atoms with Gasteiger partial charge in [-0.25, -0.2) is 9.97 Å². The van der Waals surface area contributed by atoms with Crippen LogP contribution in [0.4, 0.5) is 17.3 Å². The molecule has 7 nitrogen and oxygen atoms in total. The molecular formula is C70H43N7. The van der Waals surface area contributed by atoms with Crippen LogP contribution in [0.1, 0.15) is 0 Å². The number of aromatic nitrogens is 6. The summed E-state index contributed by atoms with van der Waals surface area (Å²) in [5, 5.41) is 8.01. The van der Waals surface area contributed by atoms with Gasteiger partial charge >= 0.3 is 0 Å².